The number of rotatable bonds is 12. The Hall–Kier alpha value is -1.32. The van der Waals surface area contributed by atoms with Crippen molar-refractivity contribution in [1.82, 2.24) is 0 Å². The van der Waals surface area contributed by atoms with Crippen molar-refractivity contribution in [1.29, 1.82) is 0 Å². The van der Waals surface area contributed by atoms with Crippen molar-refractivity contribution in [3.8, 4) is 0 Å². The molecule has 3 fully saturated rings. The summed E-state index contributed by atoms with van der Waals surface area (Å²) in [6.07, 6.45) is 18.6. The number of hydrogen-bond donors (Lipinski definition) is 0. The van der Waals surface area contributed by atoms with E-state index in [1.165, 1.54) is 45.6 Å². The van der Waals surface area contributed by atoms with Crippen molar-refractivity contribution in [2.75, 3.05) is 7.11 Å². The minimum absolute atomic E-state index is 0.0298. The zero-order chi connectivity index (χ0) is 22.1. The van der Waals surface area contributed by atoms with Crippen molar-refractivity contribution in [3.05, 3.63) is 12.2 Å². The Kier molecular flexibility index (Phi) is 6.84. The van der Waals surface area contributed by atoms with E-state index >= 15 is 0 Å². The number of carbonyl (C=O) groups is 2. The van der Waals surface area contributed by atoms with E-state index in [9.17, 15) is 9.59 Å². The van der Waals surface area contributed by atoms with E-state index in [-0.39, 0.29) is 29.9 Å². The molecule has 0 spiro atoms. The highest BCUT2D eigenvalue weighted by Gasteiger charge is 2.80. The maximum absolute atomic E-state index is 13.8. The van der Waals surface area contributed by atoms with Crippen LogP contribution in [0.4, 0.5) is 0 Å². The third-order valence-corrected chi connectivity index (χ3v) is 9.19. The van der Waals surface area contributed by atoms with Crippen molar-refractivity contribution in [2.45, 2.75) is 103 Å². The summed E-state index contributed by atoms with van der Waals surface area (Å²) >= 11 is 0. The summed E-state index contributed by atoms with van der Waals surface area (Å²) < 4.78 is 11.7. The van der Waals surface area contributed by atoms with Crippen LogP contribution in [0, 0.1) is 34.5 Å². The molecular formula is C27H42O4. The van der Waals surface area contributed by atoms with Gasteiger partial charge in [-0.3, -0.25) is 9.59 Å². The fourth-order valence-corrected chi connectivity index (χ4v) is 8.07. The van der Waals surface area contributed by atoms with E-state index in [0.29, 0.717) is 11.8 Å². The lowest BCUT2D eigenvalue weighted by molar-refractivity contribution is -0.184. The van der Waals surface area contributed by atoms with E-state index in [1.54, 1.807) is 0 Å². The van der Waals surface area contributed by atoms with Crippen LogP contribution in [0.15, 0.2) is 12.2 Å². The molecule has 4 aliphatic carbocycles. The van der Waals surface area contributed by atoms with Crippen LogP contribution >= 0.6 is 0 Å². The third kappa shape index (κ3) is 3.47. The van der Waals surface area contributed by atoms with Crippen LogP contribution in [0.3, 0.4) is 0 Å². The zero-order valence-electron chi connectivity index (χ0n) is 19.9. The smallest absolute Gasteiger partial charge is 0.317 e. The normalized spacial score (nSPS) is 37.8. The van der Waals surface area contributed by atoms with Gasteiger partial charge in [0, 0.05) is 0 Å². The molecule has 0 aromatic heterocycles. The van der Waals surface area contributed by atoms with Gasteiger partial charge in [0.2, 0.25) is 0 Å². The van der Waals surface area contributed by atoms with Gasteiger partial charge in [0.1, 0.15) is 11.5 Å². The van der Waals surface area contributed by atoms with Crippen LogP contribution in [0.5, 0.6) is 0 Å². The molecule has 4 rings (SSSR count). The van der Waals surface area contributed by atoms with Gasteiger partial charge in [-0.2, -0.15) is 0 Å². The van der Waals surface area contributed by atoms with Gasteiger partial charge in [-0.25, -0.2) is 0 Å². The molecule has 0 aromatic carbocycles. The van der Waals surface area contributed by atoms with Gasteiger partial charge in [-0.1, -0.05) is 64.5 Å². The third-order valence-electron chi connectivity index (χ3n) is 9.19. The Balaban J connectivity index is 1.48. The van der Waals surface area contributed by atoms with E-state index in [1.807, 2.05) is 0 Å². The Bertz CT molecular complexity index is 699. The average Bonchev–Trinajstić information content (AvgIpc) is 3.54. The SMILES string of the molecule is CCCCCCCCC(CCC)OC(=O)C12C=CC(C1)C1C3CCC(C3)C12C(=O)OC. The van der Waals surface area contributed by atoms with Crippen molar-refractivity contribution in [3.63, 3.8) is 0 Å². The summed E-state index contributed by atoms with van der Waals surface area (Å²) in [4.78, 5) is 27.2. The maximum atomic E-state index is 13.8. The monoisotopic (exact) mass is 430 g/mol. The summed E-state index contributed by atoms with van der Waals surface area (Å²) in [5.41, 5.74) is -1.49. The molecule has 0 aromatic rings. The number of carbonyl (C=O) groups excluding carboxylic acids is 2. The minimum atomic E-state index is -0.803. The first-order chi connectivity index (χ1) is 15.0. The number of hydrogen-bond acceptors (Lipinski definition) is 4. The lowest BCUT2D eigenvalue weighted by Crippen LogP contribution is -2.56. The summed E-state index contributed by atoms with van der Waals surface area (Å²) in [7, 11) is 1.49. The van der Waals surface area contributed by atoms with Gasteiger partial charge in [0.05, 0.1) is 12.5 Å². The van der Waals surface area contributed by atoms with Crippen molar-refractivity contribution in [2.24, 2.45) is 34.5 Å². The van der Waals surface area contributed by atoms with Crippen LogP contribution in [0.1, 0.15) is 97.3 Å². The molecule has 0 heterocycles. The largest absolute Gasteiger partial charge is 0.469 e. The highest BCUT2D eigenvalue weighted by Crippen LogP contribution is 2.77. The molecule has 174 valence electrons. The molecule has 0 amide bonds. The van der Waals surface area contributed by atoms with E-state index in [0.717, 1.165) is 44.9 Å². The van der Waals surface area contributed by atoms with Gasteiger partial charge >= 0.3 is 11.9 Å². The molecule has 0 radical (unpaired) electrons. The highest BCUT2D eigenvalue weighted by molar-refractivity contribution is 5.93. The summed E-state index contributed by atoms with van der Waals surface area (Å²) in [5, 5.41) is 0. The molecule has 31 heavy (non-hydrogen) atoms. The summed E-state index contributed by atoms with van der Waals surface area (Å²) in [6.45, 7) is 4.40. The number of unbranched alkanes of at least 4 members (excludes halogenated alkanes) is 5. The molecule has 4 bridgehead atoms. The second-order valence-electron chi connectivity index (χ2n) is 10.7. The molecule has 0 N–H and O–H groups in total. The van der Waals surface area contributed by atoms with E-state index in [2.05, 4.69) is 26.0 Å². The number of allylic oxidation sites excluding steroid dienone is 1. The number of esters is 2. The van der Waals surface area contributed by atoms with E-state index in [4.69, 9.17) is 9.47 Å². The molecule has 4 nitrogen and oxygen atoms in total. The zero-order valence-corrected chi connectivity index (χ0v) is 19.9. The standard InChI is InChI=1S/C27H42O4/c1-4-6-7-8-9-10-12-22(11-5-2)31-24(28)26-16-15-20(18-26)23-19-13-14-21(17-19)27(23,26)25(29)30-3/h15-16,19-23H,4-14,17-18H2,1-3H3. The molecule has 0 aliphatic heterocycles. The predicted molar refractivity (Wildman–Crippen MR) is 121 cm³/mol. The molecule has 7 atom stereocenters. The first-order valence-electron chi connectivity index (χ1n) is 13.0. The van der Waals surface area contributed by atoms with Crippen LogP contribution in [-0.2, 0) is 19.1 Å². The fraction of sp³-hybridized carbons (Fsp3) is 0.852. The Morgan fingerprint density at radius 2 is 1.77 bits per heavy atom. The summed E-state index contributed by atoms with van der Waals surface area (Å²) in [6, 6.07) is 0. The molecule has 0 saturated heterocycles. The lowest BCUT2D eigenvalue weighted by atomic mass is 9.54. The van der Waals surface area contributed by atoms with Gasteiger partial charge in [0.15, 0.2) is 0 Å². The lowest BCUT2D eigenvalue weighted by Gasteiger charge is -2.47. The predicted octanol–water partition coefficient (Wildman–Crippen LogP) is 6.23. The Morgan fingerprint density at radius 1 is 1.00 bits per heavy atom. The number of methoxy groups -OCH3 is 1. The number of fused-ring (bicyclic) bond motifs is 9. The van der Waals surface area contributed by atoms with E-state index < -0.39 is 10.8 Å². The van der Waals surface area contributed by atoms with Gasteiger partial charge < -0.3 is 9.47 Å². The second-order valence-corrected chi connectivity index (χ2v) is 10.7. The second kappa shape index (κ2) is 9.27. The van der Waals surface area contributed by atoms with Gasteiger partial charge in [0.25, 0.3) is 0 Å². The van der Waals surface area contributed by atoms with Crippen LogP contribution in [0.2, 0.25) is 0 Å². The van der Waals surface area contributed by atoms with Gasteiger partial charge in [-0.15, -0.1) is 0 Å². The quantitative estimate of drug-likeness (QED) is 0.159. The molecule has 7 unspecified atom stereocenters. The van der Waals surface area contributed by atoms with Crippen molar-refractivity contribution >= 4 is 11.9 Å². The minimum Gasteiger partial charge on any atom is -0.469 e. The van der Waals surface area contributed by atoms with Crippen molar-refractivity contribution < 1.29 is 19.1 Å². The topological polar surface area (TPSA) is 52.6 Å². The molecule has 4 aliphatic rings. The maximum Gasteiger partial charge on any atom is 0.317 e. The summed E-state index contributed by atoms with van der Waals surface area (Å²) in [5.74, 6) is 1.11. The first-order valence-corrected chi connectivity index (χ1v) is 13.0. The van der Waals surface area contributed by atoms with Crippen LogP contribution in [-0.4, -0.2) is 25.2 Å². The highest BCUT2D eigenvalue weighted by atomic mass is 16.5. The average molecular weight is 431 g/mol. The number of ether oxygens (including phenoxy) is 2. The van der Waals surface area contributed by atoms with Crippen LogP contribution < -0.4 is 0 Å². The Labute approximate surface area is 188 Å². The van der Waals surface area contributed by atoms with Gasteiger partial charge in [-0.05, 0) is 68.6 Å². The molecular weight excluding hydrogens is 388 g/mol. The fourth-order valence-electron chi connectivity index (χ4n) is 8.07. The molecule has 4 heteroatoms. The van der Waals surface area contributed by atoms with Crippen LogP contribution in [0.25, 0.3) is 0 Å². The Morgan fingerprint density at radius 3 is 2.52 bits per heavy atom. The molecule has 3 saturated carbocycles. The first kappa shape index (κ1) is 22.9.